The van der Waals surface area contributed by atoms with Crippen LogP contribution in [-0.2, 0) is 0 Å². The van der Waals surface area contributed by atoms with Gasteiger partial charge < -0.3 is 10.4 Å². The number of anilines is 2. The highest BCUT2D eigenvalue weighted by molar-refractivity contribution is 5.62. The van der Waals surface area contributed by atoms with Gasteiger partial charge in [-0.1, -0.05) is 36.8 Å². The zero-order valence-electron chi connectivity index (χ0n) is 12.2. The number of aromatic hydroxyl groups is 1. The molecule has 0 aliphatic rings. The van der Waals surface area contributed by atoms with Crippen molar-refractivity contribution in [2.75, 3.05) is 5.32 Å². The minimum absolute atomic E-state index is 0.192. The number of para-hydroxylation sites is 1. The van der Waals surface area contributed by atoms with E-state index in [2.05, 4.69) is 32.2 Å². The number of hydrogen-bond donors (Lipinski definition) is 2. The maximum atomic E-state index is 10.0. The van der Waals surface area contributed by atoms with Crippen LogP contribution in [0.25, 0.3) is 0 Å². The van der Waals surface area contributed by atoms with E-state index in [1.165, 1.54) is 5.57 Å². The molecule has 0 aromatic heterocycles. The van der Waals surface area contributed by atoms with E-state index in [0.29, 0.717) is 5.75 Å². The Hall–Kier alpha value is -2.22. The van der Waals surface area contributed by atoms with Crippen molar-refractivity contribution in [3.63, 3.8) is 0 Å². The Labute approximate surface area is 120 Å². The van der Waals surface area contributed by atoms with Gasteiger partial charge in [0.05, 0.1) is 0 Å². The predicted octanol–water partition coefficient (Wildman–Crippen LogP) is 5.21. The molecule has 0 fully saturated rings. The standard InChI is InChI=1S/C18H21NO/c1-13(2)11-14(3)17-12-16(9-10-18(17)20)19-15-7-5-4-6-8-15/h4-12,14,19-20H,1-3H3. The lowest BCUT2D eigenvalue weighted by Gasteiger charge is -2.13. The number of hydrogen-bond acceptors (Lipinski definition) is 2. The second-order valence-electron chi connectivity index (χ2n) is 5.30. The van der Waals surface area contributed by atoms with Crippen LogP contribution in [0.2, 0.25) is 0 Å². The molecule has 1 atom stereocenters. The third kappa shape index (κ3) is 3.64. The average molecular weight is 267 g/mol. The van der Waals surface area contributed by atoms with Gasteiger partial charge in [-0.3, -0.25) is 0 Å². The van der Waals surface area contributed by atoms with Crippen LogP contribution < -0.4 is 5.32 Å². The molecule has 2 rings (SSSR count). The summed E-state index contributed by atoms with van der Waals surface area (Å²) in [5, 5.41) is 13.4. The molecule has 0 aliphatic heterocycles. The lowest BCUT2D eigenvalue weighted by atomic mass is 9.97. The molecule has 104 valence electrons. The number of benzene rings is 2. The SMILES string of the molecule is CC(C)=CC(C)c1cc(Nc2ccccc2)ccc1O. The monoisotopic (exact) mass is 267 g/mol. The van der Waals surface area contributed by atoms with Crippen LogP contribution in [0, 0.1) is 0 Å². The van der Waals surface area contributed by atoms with Gasteiger partial charge in [-0.15, -0.1) is 0 Å². The molecule has 20 heavy (non-hydrogen) atoms. The highest BCUT2D eigenvalue weighted by Gasteiger charge is 2.09. The lowest BCUT2D eigenvalue weighted by molar-refractivity contribution is 0.467. The molecule has 2 heteroatoms. The molecule has 0 amide bonds. The van der Waals surface area contributed by atoms with Gasteiger partial charge in [0.1, 0.15) is 5.75 Å². The van der Waals surface area contributed by atoms with Crippen molar-refractivity contribution in [1.82, 2.24) is 0 Å². The fraction of sp³-hybridized carbons (Fsp3) is 0.222. The minimum atomic E-state index is 0.192. The molecule has 1 unspecified atom stereocenters. The highest BCUT2D eigenvalue weighted by Crippen LogP contribution is 2.31. The first kappa shape index (κ1) is 14.2. The van der Waals surface area contributed by atoms with E-state index in [1.807, 2.05) is 42.5 Å². The Morgan fingerprint density at radius 2 is 1.75 bits per heavy atom. The van der Waals surface area contributed by atoms with Crippen molar-refractivity contribution >= 4 is 11.4 Å². The molecular formula is C18H21NO. The molecule has 0 aliphatic carbocycles. The quantitative estimate of drug-likeness (QED) is 0.589. The zero-order valence-corrected chi connectivity index (χ0v) is 12.2. The lowest BCUT2D eigenvalue weighted by Crippen LogP contribution is -1.95. The summed E-state index contributed by atoms with van der Waals surface area (Å²) < 4.78 is 0. The van der Waals surface area contributed by atoms with Crippen LogP contribution in [0.5, 0.6) is 5.75 Å². The zero-order chi connectivity index (χ0) is 14.5. The molecule has 0 saturated heterocycles. The summed E-state index contributed by atoms with van der Waals surface area (Å²) in [5.74, 6) is 0.533. The molecular weight excluding hydrogens is 246 g/mol. The fourth-order valence-corrected chi connectivity index (χ4v) is 2.27. The summed E-state index contributed by atoms with van der Waals surface area (Å²) in [4.78, 5) is 0. The first-order valence-electron chi connectivity index (χ1n) is 6.86. The van der Waals surface area contributed by atoms with E-state index in [9.17, 15) is 5.11 Å². The third-order valence-corrected chi connectivity index (χ3v) is 3.16. The van der Waals surface area contributed by atoms with Gasteiger partial charge in [0.25, 0.3) is 0 Å². The van der Waals surface area contributed by atoms with Crippen molar-refractivity contribution in [3.8, 4) is 5.75 Å². The molecule has 0 heterocycles. The van der Waals surface area contributed by atoms with Gasteiger partial charge in [-0.05, 0) is 44.2 Å². The van der Waals surface area contributed by atoms with Crippen molar-refractivity contribution in [2.45, 2.75) is 26.7 Å². The average Bonchev–Trinajstić information content (AvgIpc) is 2.41. The van der Waals surface area contributed by atoms with Crippen molar-refractivity contribution in [2.24, 2.45) is 0 Å². The first-order valence-corrected chi connectivity index (χ1v) is 6.86. The number of rotatable bonds is 4. The molecule has 0 radical (unpaired) electrons. The van der Waals surface area contributed by atoms with Gasteiger partial charge in [0, 0.05) is 22.9 Å². The Morgan fingerprint density at radius 1 is 1.05 bits per heavy atom. The minimum Gasteiger partial charge on any atom is -0.508 e. The van der Waals surface area contributed by atoms with E-state index in [4.69, 9.17) is 0 Å². The maximum Gasteiger partial charge on any atom is 0.119 e. The van der Waals surface area contributed by atoms with Gasteiger partial charge in [-0.2, -0.15) is 0 Å². The Balaban J connectivity index is 2.27. The van der Waals surface area contributed by atoms with Gasteiger partial charge >= 0.3 is 0 Å². The Kier molecular flexibility index (Phi) is 4.46. The number of phenolic OH excluding ortho intramolecular Hbond substituents is 1. The van der Waals surface area contributed by atoms with Crippen LogP contribution in [0.1, 0.15) is 32.3 Å². The molecule has 0 bridgehead atoms. The Bertz CT molecular complexity index is 598. The van der Waals surface area contributed by atoms with E-state index >= 15 is 0 Å². The topological polar surface area (TPSA) is 32.3 Å². The second-order valence-corrected chi connectivity index (χ2v) is 5.30. The van der Waals surface area contributed by atoms with Crippen LogP contribution in [0.15, 0.2) is 60.2 Å². The van der Waals surface area contributed by atoms with Crippen molar-refractivity contribution < 1.29 is 5.11 Å². The summed E-state index contributed by atoms with van der Waals surface area (Å²) in [6.45, 7) is 6.23. The molecule has 0 saturated carbocycles. The van der Waals surface area contributed by atoms with Crippen LogP contribution in [-0.4, -0.2) is 5.11 Å². The van der Waals surface area contributed by atoms with E-state index < -0.39 is 0 Å². The first-order chi connectivity index (χ1) is 9.56. The highest BCUT2D eigenvalue weighted by atomic mass is 16.3. The predicted molar refractivity (Wildman–Crippen MR) is 85.7 cm³/mol. The van der Waals surface area contributed by atoms with E-state index in [1.54, 1.807) is 6.07 Å². The number of phenols is 1. The smallest absolute Gasteiger partial charge is 0.119 e. The normalized spacial score (nSPS) is 11.8. The molecule has 2 nitrogen and oxygen atoms in total. The second kappa shape index (κ2) is 6.29. The van der Waals surface area contributed by atoms with E-state index in [0.717, 1.165) is 16.9 Å². The van der Waals surface area contributed by atoms with Gasteiger partial charge in [0.15, 0.2) is 0 Å². The summed E-state index contributed by atoms with van der Waals surface area (Å²) in [7, 11) is 0. The largest absolute Gasteiger partial charge is 0.508 e. The fourth-order valence-electron chi connectivity index (χ4n) is 2.27. The Morgan fingerprint density at radius 3 is 2.40 bits per heavy atom. The van der Waals surface area contributed by atoms with Crippen molar-refractivity contribution in [1.29, 1.82) is 0 Å². The summed E-state index contributed by atoms with van der Waals surface area (Å²) in [6.07, 6.45) is 2.15. The van der Waals surface area contributed by atoms with Gasteiger partial charge in [-0.25, -0.2) is 0 Å². The third-order valence-electron chi connectivity index (χ3n) is 3.16. The summed E-state index contributed by atoms with van der Waals surface area (Å²) in [6, 6.07) is 15.7. The van der Waals surface area contributed by atoms with E-state index in [-0.39, 0.29) is 5.92 Å². The van der Waals surface area contributed by atoms with Crippen molar-refractivity contribution in [3.05, 3.63) is 65.7 Å². The summed E-state index contributed by atoms with van der Waals surface area (Å²) in [5.41, 5.74) is 4.21. The summed E-state index contributed by atoms with van der Waals surface area (Å²) >= 11 is 0. The number of allylic oxidation sites excluding steroid dienone is 2. The van der Waals surface area contributed by atoms with Crippen LogP contribution >= 0.6 is 0 Å². The number of nitrogens with one attached hydrogen (secondary N) is 1. The molecule has 2 N–H and O–H groups in total. The van der Waals surface area contributed by atoms with Crippen LogP contribution in [0.3, 0.4) is 0 Å². The molecule has 2 aromatic rings. The van der Waals surface area contributed by atoms with Gasteiger partial charge in [0.2, 0.25) is 0 Å². The molecule has 2 aromatic carbocycles. The molecule has 0 spiro atoms. The van der Waals surface area contributed by atoms with Crippen LogP contribution in [0.4, 0.5) is 11.4 Å². The maximum absolute atomic E-state index is 10.0.